The van der Waals surface area contributed by atoms with Crippen molar-refractivity contribution in [2.75, 3.05) is 7.11 Å². The Bertz CT molecular complexity index is 507. The molecule has 1 unspecified atom stereocenters. The van der Waals surface area contributed by atoms with Gasteiger partial charge in [-0.3, -0.25) is 0 Å². The van der Waals surface area contributed by atoms with Crippen LogP contribution in [0.1, 0.15) is 34.9 Å². The highest BCUT2D eigenvalue weighted by Gasteiger charge is 2.12. The average molecular weight is 275 g/mol. The number of aryl methyl sites for hydroxylation is 2. The van der Waals surface area contributed by atoms with Crippen molar-refractivity contribution in [3.63, 3.8) is 0 Å². The highest BCUT2D eigenvalue weighted by molar-refractivity contribution is 7.09. The summed E-state index contributed by atoms with van der Waals surface area (Å²) in [5.41, 5.74) is 8.65. The SMILES string of the molecule is COc1ccc(C)cc1C(N)CCCc1cccs1. The molecule has 0 saturated carbocycles. The second-order valence-electron chi connectivity index (χ2n) is 4.82. The first-order chi connectivity index (χ1) is 9.20. The van der Waals surface area contributed by atoms with Crippen molar-refractivity contribution in [3.8, 4) is 5.75 Å². The quantitative estimate of drug-likeness (QED) is 0.862. The molecule has 0 bridgehead atoms. The lowest BCUT2D eigenvalue weighted by Crippen LogP contribution is -2.12. The fourth-order valence-electron chi connectivity index (χ4n) is 2.25. The molecule has 1 aromatic heterocycles. The van der Waals surface area contributed by atoms with Crippen LogP contribution in [0.3, 0.4) is 0 Å². The zero-order valence-corrected chi connectivity index (χ0v) is 12.4. The topological polar surface area (TPSA) is 35.2 Å². The number of benzene rings is 1. The lowest BCUT2D eigenvalue weighted by Gasteiger charge is -2.16. The first-order valence-electron chi connectivity index (χ1n) is 6.63. The van der Waals surface area contributed by atoms with Gasteiger partial charge in [0.15, 0.2) is 0 Å². The Morgan fingerprint density at radius 3 is 2.84 bits per heavy atom. The van der Waals surface area contributed by atoms with Gasteiger partial charge in [-0.25, -0.2) is 0 Å². The first-order valence-corrected chi connectivity index (χ1v) is 7.51. The predicted molar refractivity (Wildman–Crippen MR) is 81.9 cm³/mol. The molecule has 0 saturated heterocycles. The monoisotopic (exact) mass is 275 g/mol. The van der Waals surface area contributed by atoms with Gasteiger partial charge in [-0.2, -0.15) is 0 Å². The van der Waals surface area contributed by atoms with Gasteiger partial charge in [0.1, 0.15) is 5.75 Å². The lowest BCUT2D eigenvalue weighted by molar-refractivity contribution is 0.403. The molecule has 0 amide bonds. The van der Waals surface area contributed by atoms with Gasteiger partial charge in [-0.1, -0.05) is 23.8 Å². The molecule has 0 spiro atoms. The van der Waals surface area contributed by atoms with E-state index < -0.39 is 0 Å². The van der Waals surface area contributed by atoms with Crippen molar-refractivity contribution in [2.45, 2.75) is 32.2 Å². The molecule has 0 fully saturated rings. The summed E-state index contributed by atoms with van der Waals surface area (Å²) in [5, 5.41) is 2.12. The number of methoxy groups -OCH3 is 1. The molecule has 1 atom stereocenters. The zero-order valence-electron chi connectivity index (χ0n) is 11.6. The summed E-state index contributed by atoms with van der Waals surface area (Å²) in [6.45, 7) is 2.08. The molecule has 2 nitrogen and oxygen atoms in total. The van der Waals surface area contributed by atoms with Crippen LogP contribution >= 0.6 is 11.3 Å². The molecule has 2 aromatic rings. The van der Waals surface area contributed by atoms with Gasteiger partial charge in [0.05, 0.1) is 7.11 Å². The second kappa shape index (κ2) is 6.73. The third-order valence-corrected chi connectivity index (χ3v) is 4.24. The van der Waals surface area contributed by atoms with Gasteiger partial charge in [0, 0.05) is 16.5 Å². The van der Waals surface area contributed by atoms with Crippen molar-refractivity contribution in [2.24, 2.45) is 5.73 Å². The van der Waals surface area contributed by atoms with Crippen molar-refractivity contribution in [1.29, 1.82) is 0 Å². The van der Waals surface area contributed by atoms with E-state index in [9.17, 15) is 0 Å². The van der Waals surface area contributed by atoms with E-state index >= 15 is 0 Å². The number of thiophene rings is 1. The number of hydrogen-bond donors (Lipinski definition) is 1. The average Bonchev–Trinajstić information content (AvgIpc) is 2.91. The Labute approximate surface area is 119 Å². The van der Waals surface area contributed by atoms with Crippen LogP contribution in [-0.2, 0) is 6.42 Å². The first kappa shape index (κ1) is 14.1. The van der Waals surface area contributed by atoms with Gasteiger partial charge in [0.25, 0.3) is 0 Å². The van der Waals surface area contributed by atoms with Crippen LogP contribution < -0.4 is 10.5 Å². The van der Waals surface area contributed by atoms with Crippen LogP contribution in [0, 0.1) is 6.92 Å². The summed E-state index contributed by atoms with van der Waals surface area (Å²) in [4.78, 5) is 1.43. The Morgan fingerprint density at radius 2 is 2.16 bits per heavy atom. The summed E-state index contributed by atoms with van der Waals surface area (Å²) < 4.78 is 5.40. The highest BCUT2D eigenvalue weighted by Crippen LogP contribution is 2.28. The molecular formula is C16H21NOS. The Kier molecular flexibility index (Phi) is 5.00. The van der Waals surface area contributed by atoms with Gasteiger partial charge < -0.3 is 10.5 Å². The zero-order chi connectivity index (χ0) is 13.7. The molecule has 0 aliphatic rings. The van der Waals surface area contributed by atoms with Crippen LogP contribution in [0.15, 0.2) is 35.7 Å². The minimum absolute atomic E-state index is 0.0508. The van der Waals surface area contributed by atoms with Gasteiger partial charge in [-0.05, 0) is 43.7 Å². The van der Waals surface area contributed by atoms with Crippen LogP contribution in [0.5, 0.6) is 5.75 Å². The van der Waals surface area contributed by atoms with E-state index in [2.05, 4.69) is 36.6 Å². The molecule has 0 aliphatic carbocycles. The maximum atomic E-state index is 6.30. The van der Waals surface area contributed by atoms with Gasteiger partial charge in [0.2, 0.25) is 0 Å². The summed E-state index contributed by atoms with van der Waals surface area (Å²) in [6.07, 6.45) is 3.20. The molecule has 0 radical (unpaired) electrons. The van der Waals surface area contributed by atoms with Gasteiger partial charge in [-0.15, -0.1) is 11.3 Å². The number of hydrogen-bond acceptors (Lipinski definition) is 3. The Hall–Kier alpha value is -1.32. The normalized spacial score (nSPS) is 12.4. The second-order valence-corrected chi connectivity index (χ2v) is 5.86. The van der Waals surface area contributed by atoms with Crippen LogP contribution in [0.4, 0.5) is 0 Å². The number of rotatable bonds is 6. The molecule has 1 heterocycles. The van der Waals surface area contributed by atoms with E-state index in [0.29, 0.717) is 0 Å². The predicted octanol–water partition coefficient (Wildman–Crippen LogP) is 4.09. The number of ether oxygens (including phenoxy) is 1. The van der Waals surface area contributed by atoms with E-state index in [0.717, 1.165) is 30.6 Å². The van der Waals surface area contributed by atoms with E-state index in [1.807, 2.05) is 17.4 Å². The van der Waals surface area contributed by atoms with E-state index in [1.54, 1.807) is 7.11 Å². The molecule has 19 heavy (non-hydrogen) atoms. The fourth-order valence-corrected chi connectivity index (χ4v) is 3.00. The van der Waals surface area contributed by atoms with Crippen molar-refractivity contribution < 1.29 is 4.74 Å². The van der Waals surface area contributed by atoms with Crippen LogP contribution in [-0.4, -0.2) is 7.11 Å². The summed E-state index contributed by atoms with van der Waals surface area (Å²) in [6, 6.07) is 10.5. The Morgan fingerprint density at radius 1 is 1.32 bits per heavy atom. The molecule has 1 aromatic carbocycles. The summed E-state index contributed by atoms with van der Waals surface area (Å²) in [5.74, 6) is 0.897. The molecule has 3 heteroatoms. The van der Waals surface area contributed by atoms with Crippen molar-refractivity contribution in [1.82, 2.24) is 0 Å². The smallest absolute Gasteiger partial charge is 0.123 e. The minimum Gasteiger partial charge on any atom is -0.496 e. The molecular weight excluding hydrogens is 254 g/mol. The maximum absolute atomic E-state index is 6.30. The molecule has 2 rings (SSSR count). The van der Waals surface area contributed by atoms with Gasteiger partial charge >= 0.3 is 0 Å². The van der Waals surface area contributed by atoms with Crippen LogP contribution in [0.2, 0.25) is 0 Å². The van der Waals surface area contributed by atoms with Crippen LogP contribution in [0.25, 0.3) is 0 Å². The lowest BCUT2D eigenvalue weighted by atomic mass is 9.99. The highest BCUT2D eigenvalue weighted by atomic mass is 32.1. The molecule has 0 aliphatic heterocycles. The maximum Gasteiger partial charge on any atom is 0.123 e. The number of nitrogens with two attached hydrogens (primary N) is 1. The van der Waals surface area contributed by atoms with E-state index in [-0.39, 0.29) is 6.04 Å². The fraction of sp³-hybridized carbons (Fsp3) is 0.375. The Balaban J connectivity index is 1.95. The van der Waals surface area contributed by atoms with Crippen molar-refractivity contribution in [3.05, 3.63) is 51.7 Å². The van der Waals surface area contributed by atoms with E-state index in [1.165, 1.54) is 10.4 Å². The summed E-state index contributed by atoms with van der Waals surface area (Å²) in [7, 11) is 1.70. The third-order valence-electron chi connectivity index (χ3n) is 3.30. The van der Waals surface area contributed by atoms with Crippen molar-refractivity contribution >= 4 is 11.3 Å². The summed E-state index contributed by atoms with van der Waals surface area (Å²) >= 11 is 1.81. The molecule has 102 valence electrons. The third kappa shape index (κ3) is 3.82. The minimum atomic E-state index is 0.0508. The molecule has 2 N–H and O–H groups in total. The van der Waals surface area contributed by atoms with E-state index in [4.69, 9.17) is 10.5 Å². The largest absolute Gasteiger partial charge is 0.496 e. The standard InChI is InChI=1S/C16H21NOS/c1-12-8-9-16(18-2)14(11-12)15(17)7-3-5-13-6-4-10-19-13/h4,6,8-11,15H,3,5,7,17H2,1-2H3.